The summed E-state index contributed by atoms with van der Waals surface area (Å²) in [6.45, 7) is 1.92. The molecule has 4 aromatic rings. The predicted octanol–water partition coefficient (Wildman–Crippen LogP) is 4.74. The van der Waals surface area contributed by atoms with E-state index < -0.39 is 23.0 Å². The highest BCUT2D eigenvalue weighted by Gasteiger charge is 2.31. The third kappa shape index (κ3) is 3.86. The highest BCUT2D eigenvalue weighted by atomic mass is 19.1. The zero-order chi connectivity index (χ0) is 24.3. The van der Waals surface area contributed by atoms with E-state index in [0.29, 0.717) is 28.2 Å². The number of aryl methyl sites for hydroxylation is 1. The number of hydrogen-bond donors (Lipinski definition) is 2. The molecule has 2 aromatic carbocycles. The van der Waals surface area contributed by atoms with Gasteiger partial charge in [-0.05, 0) is 74.6 Å². The van der Waals surface area contributed by atoms with E-state index in [4.69, 9.17) is 0 Å². The van der Waals surface area contributed by atoms with Crippen molar-refractivity contribution in [2.45, 2.75) is 44.7 Å². The number of amides is 1. The molecule has 2 fully saturated rings. The van der Waals surface area contributed by atoms with Crippen LogP contribution < -0.4 is 16.3 Å². The number of para-hydroxylation sites is 1. The molecule has 0 aliphatic heterocycles. The number of hydrogen-bond acceptors (Lipinski definition) is 4. The Morgan fingerprint density at radius 1 is 1.03 bits per heavy atom. The van der Waals surface area contributed by atoms with E-state index in [1.165, 1.54) is 10.6 Å². The highest BCUT2D eigenvalue weighted by Crippen LogP contribution is 2.37. The van der Waals surface area contributed by atoms with Gasteiger partial charge in [-0.3, -0.25) is 13.9 Å². The van der Waals surface area contributed by atoms with Crippen LogP contribution in [0.4, 0.5) is 20.3 Å². The number of fused-ring (bicyclic) bond motifs is 1. The van der Waals surface area contributed by atoms with Crippen molar-refractivity contribution in [2.24, 2.45) is 0 Å². The lowest BCUT2D eigenvalue weighted by atomic mass is 10.1. The summed E-state index contributed by atoms with van der Waals surface area (Å²) in [6, 6.07) is 12.4. The molecule has 7 nitrogen and oxygen atoms in total. The molecule has 0 atom stereocenters. The molecule has 35 heavy (non-hydrogen) atoms. The van der Waals surface area contributed by atoms with Crippen molar-refractivity contribution in [2.75, 3.05) is 5.32 Å². The van der Waals surface area contributed by atoms with Gasteiger partial charge in [0.1, 0.15) is 23.1 Å². The molecular formula is C26H23F2N5O2. The van der Waals surface area contributed by atoms with Crippen LogP contribution in [0, 0.1) is 18.6 Å². The second-order valence-corrected chi connectivity index (χ2v) is 9.23. The minimum atomic E-state index is -0.818. The van der Waals surface area contributed by atoms with Crippen molar-refractivity contribution in [1.29, 1.82) is 0 Å². The van der Waals surface area contributed by atoms with Gasteiger partial charge in [-0.2, -0.15) is 0 Å². The molecule has 0 saturated heterocycles. The fourth-order valence-corrected chi connectivity index (χ4v) is 4.28. The number of aromatic nitrogens is 3. The molecule has 178 valence electrons. The summed E-state index contributed by atoms with van der Waals surface area (Å²) in [4.78, 5) is 30.4. The third-order valence-corrected chi connectivity index (χ3v) is 6.47. The van der Waals surface area contributed by atoms with Crippen molar-refractivity contribution in [1.82, 2.24) is 19.4 Å². The normalized spacial score (nSPS) is 15.4. The first-order chi connectivity index (χ1) is 16.9. The number of anilines is 2. The van der Waals surface area contributed by atoms with Crippen LogP contribution in [0.5, 0.6) is 0 Å². The van der Waals surface area contributed by atoms with E-state index in [0.717, 1.165) is 47.9 Å². The maximum Gasteiger partial charge on any atom is 0.335 e. The molecule has 2 aromatic heterocycles. The summed E-state index contributed by atoms with van der Waals surface area (Å²) >= 11 is 0. The van der Waals surface area contributed by atoms with Gasteiger partial charge in [-0.15, -0.1) is 0 Å². The monoisotopic (exact) mass is 475 g/mol. The lowest BCUT2D eigenvalue weighted by Gasteiger charge is -2.12. The molecule has 9 heteroatoms. The average molecular weight is 475 g/mol. The summed E-state index contributed by atoms with van der Waals surface area (Å²) in [6.07, 6.45) is 3.61. The molecule has 2 heterocycles. The number of rotatable bonds is 6. The van der Waals surface area contributed by atoms with Crippen LogP contribution >= 0.6 is 0 Å². The Morgan fingerprint density at radius 2 is 1.77 bits per heavy atom. The molecule has 2 aliphatic carbocycles. The lowest BCUT2D eigenvalue weighted by molar-refractivity contribution is 0.0951. The van der Waals surface area contributed by atoms with E-state index in [9.17, 15) is 18.4 Å². The minimum Gasteiger partial charge on any atom is -0.349 e. The van der Waals surface area contributed by atoms with Crippen LogP contribution in [0.1, 0.15) is 47.6 Å². The first-order valence-corrected chi connectivity index (χ1v) is 11.7. The molecule has 0 unspecified atom stereocenters. The summed E-state index contributed by atoms with van der Waals surface area (Å²) in [7, 11) is 0. The van der Waals surface area contributed by atoms with Crippen LogP contribution in [0.15, 0.2) is 53.3 Å². The number of nitrogens with zero attached hydrogens (tertiary/aromatic N) is 3. The molecule has 0 bridgehead atoms. The third-order valence-electron chi connectivity index (χ3n) is 6.47. The lowest BCUT2D eigenvalue weighted by Crippen LogP contribution is -2.25. The Morgan fingerprint density at radius 3 is 2.46 bits per heavy atom. The Hall–Kier alpha value is -4.01. The molecule has 0 radical (unpaired) electrons. The summed E-state index contributed by atoms with van der Waals surface area (Å²) in [5.41, 5.74) is 1.92. The second kappa shape index (κ2) is 8.04. The van der Waals surface area contributed by atoms with Gasteiger partial charge < -0.3 is 10.6 Å². The largest absolute Gasteiger partial charge is 0.349 e. The zero-order valence-corrected chi connectivity index (χ0v) is 19.0. The fourth-order valence-electron chi connectivity index (χ4n) is 4.28. The summed E-state index contributed by atoms with van der Waals surface area (Å²) in [5, 5.41) is 6.22. The first kappa shape index (κ1) is 21.5. The maximum absolute atomic E-state index is 14.6. The number of imidazole rings is 1. The smallest absolute Gasteiger partial charge is 0.335 e. The van der Waals surface area contributed by atoms with Crippen LogP contribution in [-0.2, 0) is 0 Å². The van der Waals surface area contributed by atoms with E-state index in [1.807, 2.05) is 13.0 Å². The van der Waals surface area contributed by atoms with Gasteiger partial charge in [0.25, 0.3) is 5.91 Å². The van der Waals surface area contributed by atoms with Crippen molar-refractivity contribution >= 4 is 28.6 Å². The quantitative estimate of drug-likeness (QED) is 0.422. The zero-order valence-electron chi connectivity index (χ0n) is 19.0. The molecule has 6 rings (SSSR count). The fraction of sp³-hybridized carbons (Fsp3) is 0.269. The van der Waals surface area contributed by atoms with Gasteiger partial charge in [0.05, 0.1) is 5.52 Å². The Labute approximate surface area is 199 Å². The second-order valence-electron chi connectivity index (χ2n) is 9.23. The number of halogens is 2. The summed E-state index contributed by atoms with van der Waals surface area (Å²) < 4.78 is 31.8. The van der Waals surface area contributed by atoms with Gasteiger partial charge in [0, 0.05) is 23.3 Å². The van der Waals surface area contributed by atoms with Gasteiger partial charge in [0.15, 0.2) is 5.65 Å². The van der Waals surface area contributed by atoms with Crippen LogP contribution in [0.25, 0.3) is 16.9 Å². The molecule has 2 aliphatic rings. The standard InChI is InChI=1S/C26H23F2N5O2/c1-14-5-6-15(25(34)29-16-7-8-16)13-20(14)30-22-12-11-21-24(31-22)32(17-9-10-17)26(35)33(21)23-18(27)3-2-4-19(23)28/h2-6,11-13,16-17H,7-10H2,1H3,(H,29,34)(H,30,31). The Bertz CT molecular complexity index is 1530. The van der Waals surface area contributed by atoms with Crippen molar-refractivity contribution in [3.05, 3.63) is 81.8 Å². The Kier molecular flexibility index (Phi) is 4.94. The number of pyridine rings is 1. The van der Waals surface area contributed by atoms with E-state index >= 15 is 0 Å². The number of carbonyl (C=O) groups excluding carboxylic acids is 1. The maximum atomic E-state index is 14.6. The van der Waals surface area contributed by atoms with E-state index in [1.54, 1.807) is 24.3 Å². The molecule has 0 spiro atoms. The van der Waals surface area contributed by atoms with Gasteiger partial charge in [-0.1, -0.05) is 12.1 Å². The van der Waals surface area contributed by atoms with Crippen LogP contribution in [0.2, 0.25) is 0 Å². The number of carbonyl (C=O) groups is 1. The van der Waals surface area contributed by atoms with Crippen LogP contribution in [0.3, 0.4) is 0 Å². The first-order valence-electron chi connectivity index (χ1n) is 11.7. The average Bonchev–Trinajstić information content (AvgIpc) is 3.76. The van der Waals surface area contributed by atoms with E-state index in [-0.39, 0.29) is 18.0 Å². The molecule has 2 N–H and O–H groups in total. The number of benzene rings is 2. The van der Waals surface area contributed by atoms with Gasteiger partial charge >= 0.3 is 5.69 Å². The molecular weight excluding hydrogens is 452 g/mol. The predicted molar refractivity (Wildman–Crippen MR) is 128 cm³/mol. The van der Waals surface area contributed by atoms with Crippen LogP contribution in [-0.4, -0.2) is 26.1 Å². The van der Waals surface area contributed by atoms with Crippen molar-refractivity contribution < 1.29 is 13.6 Å². The minimum absolute atomic E-state index is 0.0555. The van der Waals surface area contributed by atoms with Crippen molar-refractivity contribution in [3.8, 4) is 5.69 Å². The van der Waals surface area contributed by atoms with Crippen molar-refractivity contribution in [3.63, 3.8) is 0 Å². The Balaban J connectivity index is 1.42. The summed E-state index contributed by atoms with van der Waals surface area (Å²) in [5.74, 6) is -1.30. The van der Waals surface area contributed by atoms with E-state index in [2.05, 4.69) is 15.6 Å². The molecule has 2 saturated carbocycles. The topological polar surface area (TPSA) is 81.0 Å². The SMILES string of the molecule is Cc1ccc(C(=O)NC2CC2)cc1Nc1ccc2c(n1)n(C1CC1)c(=O)n2-c1c(F)cccc1F. The highest BCUT2D eigenvalue weighted by molar-refractivity contribution is 5.96. The van der Waals surface area contributed by atoms with Gasteiger partial charge in [0.2, 0.25) is 0 Å². The van der Waals surface area contributed by atoms with Gasteiger partial charge in [-0.25, -0.2) is 18.6 Å². The number of nitrogens with one attached hydrogen (secondary N) is 2. The molecule has 1 amide bonds.